The van der Waals surface area contributed by atoms with E-state index in [-0.39, 0.29) is 5.78 Å². The third-order valence-electron chi connectivity index (χ3n) is 4.09. The normalized spacial score (nSPS) is 10.3. The van der Waals surface area contributed by atoms with Crippen LogP contribution < -0.4 is 10.1 Å². The Balaban J connectivity index is 1.54. The number of anilines is 1. The van der Waals surface area contributed by atoms with Crippen molar-refractivity contribution in [3.63, 3.8) is 0 Å². The Morgan fingerprint density at radius 3 is 2.12 bits per heavy atom. The molecule has 3 heteroatoms. The summed E-state index contributed by atoms with van der Waals surface area (Å²) < 4.78 is 5.13. The van der Waals surface area contributed by atoms with E-state index in [0.29, 0.717) is 13.0 Å². The van der Waals surface area contributed by atoms with E-state index in [1.165, 1.54) is 0 Å². The van der Waals surface area contributed by atoms with Gasteiger partial charge in [0.15, 0.2) is 5.78 Å². The van der Waals surface area contributed by atoms with E-state index in [1.54, 1.807) is 7.11 Å². The first-order valence-corrected chi connectivity index (χ1v) is 8.33. The molecule has 0 fully saturated rings. The van der Waals surface area contributed by atoms with Gasteiger partial charge in [0.25, 0.3) is 0 Å². The number of methoxy groups -OCH3 is 1. The average Bonchev–Trinajstić information content (AvgIpc) is 2.69. The minimum Gasteiger partial charge on any atom is -0.497 e. The van der Waals surface area contributed by atoms with Crippen molar-refractivity contribution in [3.8, 4) is 16.9 Å². The maximum Gasteiger partial charge on any atom is 0.164 e. The van der Waals surface area contributed by atoms with Crippen LogP contribution in [0.3, 0.4) is 0 Å². The van der Waals surface area contributed by atoms with Gasteiger partial charge in [-0.2, -0.15) is 0 Å². The predicted molar refractivity (Wildman–Crippen MR) is 102 cm³/mol. The summed E-state index contributed by atoms with van der Waals surface area (Å²) >= 11 is 0. The molecule has 0 aliphatic heterocycles. The molecule has 0 aliphatic rings. The summed E-state index contributed by atoms with van der Waals surface area (Å²) in [6.45, 7) is 0.603. The highest BCUT2D eigenvalue weighted by atomic mass is 16.5. The molecule has 0 heterocycles. The summed E-state index contributed by atoms with van der Waals surface area (Å²) in [4.78, 5) is 12.3. The molecular weight excluding hydrogens is 310 g/mol. The molecule has 0 saturated carbocycles. The molecule has 3 nitrogen and oxygen atoms in total. The van der Waals surface area contributed by atoms with E-state index in [1.807, 2.05) is 66.7 Å². The zero-order chi connectivity index (χ0) is 17.5. The fourth-order valence-electron chi connectivity index (χ4n) is 2.65. The standard InChI is InChI=1S/C22H21NO2/c1-25-21-13-11-20(12-14-21)23-16-15-22(24)19-9-7-18(8-10-19)17-5-3-2-4-6-17/h2-14,23H,15-16H2,1H3. The molecule has 0 unspecified atom stereocenters. The zero-order valence-corrected chi connectivity index (χ0v) is 14.2. The number of nitrogens with one attached hydrogen (secondary N) is 1. The van der Waals surface area contributed by atoms with E-state index in [2.05, 4.69) is 17.4 Å². The highest BCUT2D eigenvalue weighted by Gasteiger charge is 2.06. The van der Waals surface area contributed by atoms with Crippen molar-refractivity contribution >= 4 is 11.5 Å². The maximum atomic E-state index is 12.3. The number of carbonyl (C=O) groups is 1. The first kappa shape index (κ1) is 16.8. The molecule has 0 radical (unpaired) electrons. The van der Waals surface area contributed by atoms with Crippen molar-refractivity contribution in [2.45, 2.75) is 6.42 Å². The van der Waals surface area contributed by atoms with Crippen molar-refractivity contribution in [2.24, 2.45) is 0 Å². The summed E-state index contributed by atoms with van der Waals surface area (Å²) in [6, 6.07) is 25.6. The van der Waals surface area contributed by atoms with Crippen LogP contribution in [0.4, 0.5) is 5.69 Å². The summed E-state index contributed by atoms with van der Waals surface area (Å²) in [5, 5.41) is 3.26. The second kappa shape index (κ2) is 8.15. The maximum absolute atomic E-state index is 12.3. The van der Waals surface area contributed by atoms with Gasteiger partial charge in [0.05, 0.1) is 7.11 Å². The molecule has 25 heavy (non-hydrogen) atoms. The quantitative estimate of drug-likeness (QED) is 0.616. The van der Waals surface area contributed by atoms with Crippen molar-refractivity contribution in [2.75, 3.05) is 19.0 Å². The Labute approximate surface area is 148 Å². The molecule has 0 aromatic heterocycles. The second-order valence-electron chi connectivity index (χ2n) is 5.77. The highest BCUT2D eigenvalue weighted by molar-refractivity contribution is 5.96. The van der Waals surface area contributed by atoms with Crippen LogP contribution in [0.25, 0.3) is 11.1 Å². The molecular formula is C22H21NO2. The van der Waals surface area contributed by atoms with E-state index in [4.69, 9.17) is 4.74 Å². The summed E-state index contributed by atoms with van der Waals surface area (Å²) in [7, 11) is 1.64. The minimum absolute atomic E-state index is 0.139. The fraction of sp³-hybridized carbons (Fsp3) is 0.136. The van der Waals surface area contributed by atoms with Crippen LogP contribution in [-0.4, -0.2) is 19.4 Å². The summed E-state index contributed by atoms with van der Waals surface area (Å²) in [5.41, 5.74) is 4.00. The minimum atomic E-state index is 0.139. The largest absolute Gasteiger partial charge is 0.497 e. The topological polar surface area (TPSA) is 38.3 Å². The van der Waals surface area contributed by atoms with Crippen LogP contribution in [0.2, 0.25) is 0 Å². The van der Waals surface area contributed by atoms with E-state index in [0.717, 1.165) is 28.1 Å². The van der Waals surface area contributed by atoms with Gasteiger partial charge in [-0.15, -0.1) is 0 Å². The number of carbonyl (C=O) groups excluding carboxylic acids is 1. The Kier molecular flexibility index (Phi) is 5.47. The molecule has 0 aliphatic carbocycles. The molecule has 126 valence electrons. The van der Waals surface area contributed by atoms with Gasteiger partial charge in [-0.3, -0.25) is 4.79 Å². The zero-order valence-electron chi connectivity index (χ0n) is 14.2. The van der Waals surface area contributed by atoms with Crippen LogP contribution >= 0.6 is 0 Å². The lowest BCUT2D eigenvalue weighted by molar-refractivity contribution is 0.0986. The number of hydrogen-bond acceptors (Lipinski definition) is 3. The van der Waals surface area contributed by atoms with E-state index >= 15 is 0 Å². The number of Topliss-reactive ketones (excluding diaryl/α,β-unsaturated/α-hetero) is 1. The molecule has 3 aromatic rings. The van der Waals surface area contributed by atoms with Crippen LogP contribution in [0, 0.1) is 0 Å². The molecule has 3 aromatic carbocycles. The van der Waals surface area contributed by atoms with Gasteiger partial charge in [0, 0.05) is 24.2 Å². The van der Waals surface area contributed by atoms with Gasteiger partial charge < -0.3 is 10.1 Å². The number of rotatable bonds is 7. The van der Waals surface area contributed by atoms with Gasteiger partial charge in [-0.1, -0.05) is 54.6 Å². The van der Waals surface area contributed by atoms with Crippen LogP contribution in [-0.2, 0) is 0 Å². The van der Waals surface area contributed by atoms with E-state index < -0.39 is 0 Å². The first-order chi connectivity index (χ1) is 12.3. The number of hydrogen-bond donors (Lipinski definition) is 1. The fourth-order valence-corrected chi connectivity index (χ4v) is 2.65. The summed E-state index contributed by atoms with van der Waals surface area (Å²) in [6.07, 6.45) is 0.455. The highest BCUT2D eigenvalue weighted by Crippen LogP contribution is 2.20. The molecule has 0 bridgehead atoms. The van der Waals surface area contributed by atoms with Gasteiger partial charge >= 0.3 is 0 Å². The molecule has 3 rings (SSSR count). The summed E-state index contributed by atoms with van der Waals surface area (Å²) in [5.74, 6) is 0.959. The molecule has 1 N–H and O–H groups in total. The Morgan fingerprint density at radius 1 is 0.840 bits per heavy atom. The van der Waals surface area contributed by atoms with Gasteiger partial charge in [0.1, 0.15) is 5.75 Å². The number of ketones is 1. The van der Waals surface area contributed by atoms with Crippen LogP contribution in [0.1, 0.15) is 16.8 Å². The Hall–Kier alpha value is -3.07. The van der Waals surface area contributed by atoms with Gasteiger partial charge in [0.2, 0.25) is 0 Å². The van der Waals surface area contributed by atoms with Gasteiger partial charge in [-0.25, -0.2) is 0 Å². The molecule has 0 spiro atoms. The second-order valence-corrected chi connectivity index (χ2v) is 5.77. The lowest BCUT2D eigenvalue weighted by Gasteiger charge is -2.07. The number of benzene rings is 3. The first-order valence-electron chi connectivity index (χ1n) is 8.33. The Morgan fingerprint density at radius 2 is 1.48 bits per heavy atom. The lowest BCUT2D eigenvalue weighted by atomic mass is 10.0. The van der Waals surface area contributed by atoms with E-state index in [9.17, 15) is 4.79 Å². The van der Waals surface area contributed by atoms with Crippen molar-refractivity contribution in [1.29, 1.82) is 0 Å². The predicted octanol–water partition coefficient (Wildman–Crippen LogP) is 5.05. The van der Waals surface area contributed by atoms with Crippen LogP contribution in [0.15, 0.2) is 78.9 Å². The van der Waals surface area contributed by atoms with Crippen molar-refractivity contribution in [3.05, 3.63) is 84.4 Å². The third-order valence-corrected chi connectivity index (χ3v) is 4.09. The number of ether oxygens (including phenoxy) is 1. The Bertz CT molecular complexity index is 809. The monoisotopic (exact) mass is 331 g/mol. The van der Waals surface area contributed by atoms with Gasteiger partial charge in [-0.05, 0) is 35.4 Å². The average molecular weight is 331 g/mol. The third kappa shape index (κ3) is 4.48. The van der Waals surface area contributed by atoms with Crippen molar-refractivity contribution in [1.82, 2.24) is 0 Å². The smallest absolute Gasteiger partial charge is 0.164 e. The van der Waals surface area contributed by atoms with Crippen molar-refractivity contribution < 1.29 is 9.53 Å². The molecule has 0 atom stereocenters. The lowest BCUT2D eigenvalue weighted by Crippen LogP contribution is -2.08. The molecule has 0 saturated heterocycles. The SMILES string of the molecule is COc1ccc(NCCC(=O)c2ccc(-c3ccccc3)cc2)cc1. The van der Waals surface area contributed by atoms with Crippen LogP contribution in [0.5, 0.6) is 5.75 Å². The molecule has 0 amide bonds.